The van der Waals surface area contributed by atoms with Gasteiger partial charge in [-0.2, -0.15) is 5.26 Å². The number of nitriles is 1. The molecule has 0 amide bonds. The van der Waals surface area contributed by atoms with Crippen molar-refractivity contribution >= 4 is 0 Å². The highest BCUT2D eigenvalue weighted by Crippen LogP contribution is 2.36. The van der Waals surface area contributed by atoms with E-state index >= 15 is 0 Å². The summed E-state index contributed by atoms with van der Waals surface area (Å²) in [6.07, 6.45) is 9.63. The fraction of sp³-hybridized carbons (Fsp3) is 0.435. The van der Waals surface area contributed by atoms with Crippen molar-refractivity contribution < 1.29 is 0 Å². The summed E-state index contributed by atoms with van der Waals surface area (Å²) in [5.41, 5.74) is 4.64. The van der Waals surface area contributed by atoms with Crippen LogP contribution in [0.25, 0.3) is 11.1 Å². The number of rotatable bonds is 4. The molecule has 3 rings (SSSR count). The van der Waals surface area contributed by atoms with Gasteiger partial charge in [-0.1, -0.05) is 69.0 Å². The van der Waals surface area contributed by atoms with Gasteiger partial charge in [0.2, 0.25) is 0 Å². The lowest BCUT2D eigenvalue weighted by molar-refractivity contribution is 0.421. The zero-order valence-electron chi connectivity index (χ0n) is 14.7. The zero-order valence-corrected chi connectivity index (χ0v) is 14.7. The molecule has 0 radical (unpaired) electrons. The first-order valence-corrected chi connectivity index (χ1v) is 9.40. The first-order valence-electron chi connectivity index (χ1n) is 9.40. The smallest absolute Gasteiger partial charge is 0.0991 e. The lowest BCUT2D eigenvalue weighted by Gasteiger charge is -2.16. The summed E-state index contributed by atoms with van der Waals surface area (Å²) in [7, 11) is 0. The average Bonchev–Trinajstić information content (AvgIpc) is 2.88. The van der Waals surface area contributed by atoms with Crippen LogP contribution in [0, 0.1) is 17.2 Å². The highest BCUT2D eigenvalue weighted by Gasteiger charge is 2.19. The normalized spacial score (nSPS) is 21.0. The molecule has 0 aromatic heterocycles. The molecule has 2 aromatic carbocycles. The summed E-state index contributed by atoms with van der Waals surface area (Å²) in [6.45, 7) is 2.31. The van der Waals surface area contributed by atoms with E-state index in [0.29, 0.717) is 0 Å². The number of hydrogen-bond acceptors (Lipinski definition) is 1. The summed E-state index contributed by atoms with van der Waals surface area (Å²) in [6, 6.07) is 19.1. The second-order valence-corrected chi connectivity index (χ2v) is 7.17. The van der Waals surface area contributed by atoms with Gasteiger partial charge >= 0.3 is 0 Å². The zero-order chi connectivity index (χ0) is 16.8. The maximum Gasteiger partial charge on any atom is 0.0991 e. The van der Waals surface area contributed by atoms with Crippen molar-refractivity contribution in [1.82, 2.24) is 0 Å². The van der Waals surface area contributed by atoms with Crippen molar-refractivity contribution in [1.29, 1.82) is 5.26 Å². The van der Waals surface area contributed by atoms with E-state index in [0.717, 1.165) is 17.4 Å². The van der Waals surface area contributed by atoms with Crippen LogP contribution in [0.2, 0.25) is 0 Å². The van der Waals surface area contributed by atoms with E-state index in [9.17, 15) is 0 Å². The van der Waals surface area contributed by atoms with Crippen molar-refractivity contribution in [2.24, 2.45) is 5.92 Å². The Morgan fingerprint density at radius 1 is 0.875 bits per heavy atom. The van der Waals surface area contributed by atoms with Gasteiger partial charge in [-0.3, -0.25) is 0 Å². The highest BCUT2D eigenvalue weighted by molar-refractivity contribution is 5.64. The van der Waals surface area contributed by atoms with Crippen LogP contribution in [0.5, 0.6) is 0 Å². The van der Waals surface area contributed by atoms with Crippen LogP contribution in [0.15, 0.2) is 48.5 Å². The minimum absolute atomic E-state index is 0.718. The molecule has 1 heteroatoms. The second-order valence-electron chi connectivity index (χ2n) is 7.17. The minimum Gasteiger partial charge on any atom is -0.192 e. The topological polar surface area (TPSA) is 23.8 Å². The molecule has 1 fully saturated rings. The Bertz CT molecular complexity index is 675. The Balaban J connectivity index is 1.68. The van der Waals surface area contributed by atoms with Crippen molar-refractivity contribution in [3.63, 3.8) is 0 Å². The molecule has 0 saturated heterocycles. The quantitative estimate of drug-likeness (QED) is 0.576. The van der Waals surface area contributed by atoms with Crippen LogP contribution in [0.3, 0.4) is 0 Å². The molecule has 0 bridgehead atoms. The molecule has 0 unspecified atom stereocenters. The van der Waals surface area contributed by atoms with E-state index in [1.165, 1.54) is 61.6 Å². The van der Waals surface area contributed by atoms with E-state index in [4.69, 9.17) is 5.26 Å². The molecule has 0 heterocycles. The molecule has 1 nitrogen and oxygen atoms in total. The maximum absolute atomic E-state index is 8.90. The first kappa shape index (κ1) is 16.8. The lowest BCUT2D eigenvalue weighted by atomic mass is 9.89. The van der Waals surface area contributed by atoms with Gasteiger partial charge in [-0.25, -0.2) is 0 Å². The van der Waals surface area contributed by atoms with Gasteiger partial charge < -0.3 is 0 Å². The van der Waals surface area contributed by atoms with Gasteiger partial charge in [0, 0.05) is 0 Å². The van der Waals surface area contributed by atoms with Crippen LogP contribution >= 0.6 is 0 Å². The molecule has 0 aliphatic heterocycles. The molecular formula is C23H27N. The fourth-order valence-corrected chi connectivity index (χ4v) is 4.09. The van der Waals surface area contributed by atoms with Crippen molar-refractivity contribution in [3.05, 3.63) is 59.7 Å². The molecule has 124 valence electrons. The van der Waals surface area contributed by atoms with E-state index < -0.39 is 0 Å². The molecule has 2 aromatic rings. The Morgan fingerprint density at radius 2 is 1.54 bits per heavy atom. The molecule has 1 saturated carbocycles. The minimum atomic E-state index is 0.718. The van der Waals surface area contributed by atoms with E-state index in [-0.39, 0.29) is 0 Å². The molecule has 1 aliphatic carbocycles. The fourth-order valence-electron chi connectivity index (χ4n) is 4.09. The summed E-state index contributed by atoms with van der Waals surface area (Å²) < 4.78 is 0. The Labute approximate surface area is 146 Å². The van der Waals surface area contributed by atoms with Crippen molar-refractivity contribution in [2.45, 2.75) is 57.8 Å². The third-order valence-corrected chi connectivity index (χ3v) is 5.51. The third kappa shape index (κ3) is 4.06. The predicted molar refractivity (Wildman–Crippen MR) is 101 cm³/mol. The molecular weight excluding hydrogens is 290 g/mol. The number of benzene rings is 2. The molecule has 0 N–H and O–H groups in total. The molecule has 2 atom stereocenters. The predicted octanol–water partition coefficient (Wildman–Crippen LogP) is 6.69. The van der Waals surface area contributed by atoms with Gasteiger partial charge in [0.25, 0.3) is 0 Å². The SMILES string of the molecule is CCC[C@H]1CCC[C@@H](c2ccc(-c3ccc(C#N)cc3)cc2)CC1. The summed E-state index contributed by atoms with van der Waals surface area (Å²) in [5.74, 6) is 1.69. The Hall–Kier alpha value is -2.07. The van der Waals surface area contributed by atoms with Crippen LogP contribution in [0.1, 0.15) is 68.9 Å². The Kier molecular flexibility index (Phi) is 5.70. The molecule has 24 heavy (non-hydrogen) atoms. The third-order valence-electron chi connectivity index (χ3n) is 5.51. The average molecular weight is 317 g/mol. The highest BCUT2D eigenvalue weighted by atomic mass is 14.2. The standard InChI is InChI=1S/C23H27N/c1-2-4-18-5-3-6-20(10-7-18)22-13-15-23(16-14-22)21-11-8-19(17-24)9-12-21/h8-9,11-16,18,20H,2-7,10H2,1H3/t18-,20+/m0/s1. The second kappa shape index (κ2) is 8.15. The van der Waals surface area contributed by atoms with Gasteiger partial charge in [-0.05, 0) is 59.9 Å². The van der Waals surface area contributed by atoms with Crippen LogP contribution in [-0.4, -0.2) is 0 Å². The lowest BCUT2D eigenvalue weighted by Crippen LogP contribution is -1.99. The Morgan fingerprint density at radius 3 is 2.17 bits per heavy atom. The van der Waals surface area contributed by atoms with Gasteiger partial charge in [0.05, 0.1) is 11.6 Å². The summed E-state index contributed by atoms with van der Waals surface area (Å²) >= 11 is 0. The van der Waals surface area contributed by atoms with Gasteiger partial charge in [0.1, 0.15) is 0 Å². The van der Waals surface area contributed by atoms with Crippen LogP contribution < -0.4 is 0 Å². The van der Waals surface area contributed by atoms with Crippen LogP contribution in [0.4, 0.5) is 0 Å². The maximum atomic E-state index is 8.90. The summed E-state index contributed by atoms with van der Waals surface area (Å²) in [5, 5.41) is 8.90. The summed E-state index contributed by atoms with van der Waals surface area (Å²) in [4.78, 5) is 0. The van der Waals surface area contributed by atoms with Crippen molar-refractivity contribution in [2.75, 3.05) is 0 Å². The van der Waals surface area contributed by atoms with E-state index in [2.05, 4.69) is 37.3 Å². The molecule has 1 aliphatic rings. The number of hydrogen-bond donors (Lipinski definition) is 0. The van der Waals surface area contributed by atoms with E-state index in [1.54, 1.807) is 0 Å². The van der Waals surface area contributed by atoms with E-state index in [1.807, 2.05) is 24.3 Å². The first-order chi connectivity index (χ1) is 11.8. The van der Waals surface area contributed by atoms with Crippen LogP contribution in [-0.2, 0) is 0 Å². The van der Waals surface area contributed by atoms with Gasteiger partial charge in [0.15, 0.2) is 0 Å². The number of nitrogens with zero attached hydrogens (tertiary/aromatic N) is 1. The monoisotopic (exact) mass is 317 g/mol. The largest absolute Gasteiger partial charge is 0.192 e. The van der Waals surface area contributed by atoms with Gasteiger partial charge in [-0.15, -0.1) is 0 Å². The van der Waals surface area contributed by atoms with Crippen molar-refractivity contribution in [3.8, 4) is 17.2 Å². The molecule has 0 spiro atoms.